The number of carbonyl (C=O) groups is 1. The van der Waals surface area contributed by atoms with Gasteiger partial charge in [0.25, 0.3) is 0 Å². The van der Waals surface area contributed by atoms with Crippen molar-refractivity contribution in [2.45, 2.75) is 6.42 Å². The Bertz CT molecular complexity index is 308. The summed E-state index contributed by atoms with van der Waals surface area (Å²) in [5.74, 6) is 2.90. The second kappa shape index (κ2) is 3.95. The molecule has 0 fully saturated rings. The van der Waals surface area contributed by atoms with Gasteiger partial charge in [0.2, 0.25) is 5.91 Å². The number of hydrogen-bond donors (Lipinski definition) is 2. The molecule has 0 bridgehead atoms. The highest BCUT2D eigenvalue weighted by molar-refractivity contribution is 5.77. The molecule has 1 amide bonds. The molecule has 0 atom stereocenters. The lowest BCUT2D eigenvalue weighted by atomic mass is 10.1. The fraction of sp³-hybridized carbons (Fsp3) is 0.125. The van der Waals surface area contributed by atoms with E-state index in [1.165, 1.54) is 0 Å². The molecule has 13 heavy (non-hydrogen) atoms. The van der Waals surface area contributed by atoms with Gasteiger partial charge in [0, 0.05) is 6.07 Å². The quantitative estimate of drug-likeness (QED) is 0.401. The lowest BCUT2D eigenvalue weighted by Gasteiger charge is -2.00. The molecule has 3 nitrogen and oxygen atoms in total. The van der Waals surface area contributed by atoms with Crippen LogP contribution in [0.1, 0.15) is 5.56 Å². The van der Waals surface area contributed by atoms with Crippen LogP contribution in [0.3, 0.4) is 0 Å². The van der Waals surface area contributed by atoms with Gasteiger partial charge in [0.1, 0.15) is 11.6 Å². The summed E-state index contributed by atoms with van der Waals surface area (Å²) in [5.41, 5.74) is 2.12. The van der Waals surface area contributed by atoms with E-state index in [0.29, 0.717) is 0 Å². The molecule has 5 heteroatoms. The van der Waals surface area contributed by atoms with Crippen molar-refractivity contribution in [3.05, 3.63) is 35.4 Å². The molecular weight excluding hydrogens is 178 g/mol. The van der Waals surface area contributed by atoms with Crippen molar-refractivity contribution in [3.63, 3.8) is 0 Å². The summed E-state index contributed by atoms with van der Waals surface area (Å²) in [6.45, 7) is 0. The van der Waals surface area contributed by atoms with Crippen LogP contribution < -0.4 is 11.3 Å². The maximum Gasteiger partial charge on any atom is 0.238 e. The van der Waals surface area contributed by atoms with E-state index in [1.54, 1.807) is 0 Å². The summed E-state index contributed by atoms with van der Waals surface area (Å²) in [7, 11) is 0. The van der Waals surface area contributed by atoms with Crippen LogP contribution >= 0.6 is 0 Å². The normalized spacial score (nSPS) is 9.77. The number of nitrogens with one attached hydrogen (secondary N) is 1. The first-order valence-electron chi connectivity index (χ1n) is 3.56. The van der Waals surface area contributed by atoms with Gasteiger partial charge in [-0.3, -0.25) is 10.2 Å². The summed E-state index contributed by atoms with van der Waals surface area (Å²) >= 11 is 0. The van der Waals surface area contributed by atoms with Crippen LogP contribution in [0.25, 0.3) is 0 Å². The van der Waals surface area contributed by atoms with Crippen LogP contribution in [0.15, 0.2) is 18.2 Å². The Labute approximate surface area is 73.5 Å². The van der Waals surface area contributed by atoms with E-state index in [9.17, 15) is 13.6 Å². The molecule has 3 N–H and O–H groups in total. The van der Waals surface area contributed by atoms with Gasteiger partial charge in [-0.05, 0) is 17.7 Å². The van der Waals surface area contributed by atoms with E-state index in [0.717, 1.165) is 18.2 Å². The minimum Gasteiger partial charge on any atom is -0.294 e. The molecule has 0 radical (unpaired) electrons. The van der Waals surface area contributed by atoms with Gasteiger partial charge < -0.3 is 0 Å². The van der Waals surface area contributed by atoms with Gasteiger partial charge in [0.05, 0.1) is 6.42 Å². The third-order valence-electron chi connectivity index (χ3n) is 1.45. The summed E-state index contributed by atoms with van der Waals surface area (Å²) in [6, 6.07) is 2.90. The number of hydrazine groups is 1. The lowest BCUT2D eigenvalue weighted by Crippen LogP contribution is -2.31. The van der Waals surface area contributed by atoms with E-state index >= 15 is 0 Å². The SMILES string of the molecule is NNC(=O)Cc1cc(F)cc(F)c1. The highest BCUT2D eigenvalue weighted by Gasteiger charge is 2.04. The standard InChI is InChI=1S/C8H8F2N2O/c9-6-1-5(2-7(10)4-6)3-8(13)12-11/h1-2,4H,3,11H2,(H,12,13). The number of amides is 1. The number of hydrogen-bond acceptors (Lipinski definition) is 2. The molecule has 1 rings (SSSR count). The first-order chi connectivity index (χ1) is 6.11. The maximum atomic E-state index is 12.6. The summed E-state index contributed by atoms with van der Waals surface area (Å²) in [4.78, 5) is 10.7. The third-order valence-corrected chi connectivity index (χ3v) is 1.45. The van der Waals surface area contributed by atoms with Gasteiger partial charge in [0.15, 0.2) is 0 Å². The van der Waals surface area contributed by atoms with Crippen LogP contribution in [0.5, 0.6) is 0 Å². The Morgan fingerprint density at radius 3 is 2.31 bits per heavy atom. The highest BCUT2D eigenvalue weighted by atomic mass is 19.1. The van der Waals surface area contributed by atoms with E-state index in [2.05, 4.69) is 0 Å². The van der Waals surface area contributed by atoms with Crippen LogP contribution in [-0.2, 0) is 11.2 Å². The molecule has 0 aromatic heterocycles. The van der Waals surface area contributed by atoms with E-state index < -0.39 is 17.5 Å². The van der Waals surface area contributed by atoms with E-state index in [1.807, 2.05) is 5.43 Å². The minimum atomic E-state index is -0.708. The number of benzene rings is 1. The zero-order valence-corrected chi connectivity index (χ0v) is 6.68. The van der Waals surface area contributed by atoms with Crippen LogP contribution in [0.4, 0.5) is 8.78 Å². The molecule has 0 saturated carbocycles. The molecule has 1 aromatic carbocycles. The fourth-order valence-corrected chi connectivity index (χ4v) is 0.949. The second-order valence-corrected chi connectivity index (χ2v) is 2.52. The Morgan fingerprint density at radius 1 is 1.31 bits per heavy atom. The van der Waals surface area contributed by atoms with Crippen molar-refractivity contribution in [1.29, 1.82) is 0 Å². The Morgan fingerprint density at radius 2 is 1.85 bits per heavy atom. The zero-order chi connectivity index (χ0) is 9.84. The molecule has 0 aliphatic rings. The summed E-state index contributed by atoms with van der Waals surface area (Å²) < 4.78 is 25.2. The number of halogens is 2. The largest absolute Gasteiger partial charge is 0.294 e. The number of nitrogens with two attached hydrogens (primary N) is 1. The van der Waals surface area contributed by atoms with Crippen molar-refractivity contribution in [3.8, 4) is 0 Å². The lowest BCUT2D eigenvalue weighted by molar-refractivity contribution is -0.120. The monoisotopic (exact) mass is 186 g/mol. The topological polar surface area (TPSA) is 55.1 Å². The van der Waals surface area contributed by atoms with Crippen molar-refractivity contribution in [2.75, 3.05) is 0 Å². The van der Waals surface area contributed by atoms with Crippen LogP contribution in [-0.4, -0.2) is 5.91 Å². The molecule has 0 aliphatic carbocycles. The molecule has 70 valence electrons. The Kier molecular flexibility index (Phi) is 2.92. The van der Waals surface area contributed by atoms with Crippen molar-refractivity contribution >= 4 is 5.91 Å². The van der Waals surface area contributed by atoms with Crippen molar-refractivity contribution < 1.29 is 13.6 Å². The molecular formula is C8H8F2N2O. The first kappa shape index (κ1) is 9.60. The maximum absolute atomic E-state index is 12.6. The van der Waals surface area contributed by atoms with Crippen LogP contribution in [0.2, 0.25) is 0 Å². The first-order valence-corrected chi connectivity index (χ1v) is 3.56. The average Bonchev–Trinajstić information content (AvgIpc) is 2.02. The van der Waals surface area contributed by atoms with Crippen LogP contribution in [0, 0.1) is 11.6 Å². The molecule has 0 spiro atoms. The highest BCUT2D eigenvalue weighted by Crippen LogP contribution is 2.08. The van der Waals surface area contributed by atoms with Crippen molar-refractivity contribution in [1.82, 2.24) is 5.43 Å². The van der Waals surface area contributed by atoms with Gasteiger partial charge in [-0.1, -0.05) is 0 Å². The molecule has 0 heterocycles. The van der Waals surface area contributed by atoms with Gasteiger partial charge in [-0.25, -0.2) is 14.6 Å². The zero-order valence-electron chi connectivity index (χ0n) is 6.68. The number of carbonyl (C=O) groups excluding carboxylic acids is 1. The predicted octanol–water partition coefficient (Wildman–Crippen LogP) is 0.497. The number of rotatable bonds is 2. The third kappa shape index (κ3) is 2.79. The van der Waals surface area contributed by atoms with E-state index in [4.69, 9.17) is 5.84 Å². The minimum absolute atomic E-state index is 0.134. The molecule has 0 aliphatic heterocycles. The average molecular weight is 186 g/mol. The van der Waals surface area contributed by atoms with Gasteiger partial charge in [-0.2, -0.15) is 0 Å². The fourth-order valence-electron chi connectivity index (χ4n) is 0.949. The smallest absolute Gasteiger partial charge is 0.238 e. The van der Waals surface area contributed by atoms with E-state index in [-0.39, 0.29) is 12.0 Å². The Hall–Kier alpha value is -1.49. The summed E-state index contributed by atoms with van der Waals surface area (Å²) in [6.07, 6.45) is -0.134. The predicted molar refractivity (Wildman–Crippen MR) is 42.4 cm³/mol. The summed E-state index contributed by atoms with van der Waals surface area (Å²) in [5, 5.41) is 0. The molecule has 1 aromatic rings. The van der Waals surface area contributed by atoms with Crippen molar-refractivity contribution in [2.24, 2.45) is 5.84 Å². The van der Waals surface area contributed by atoms with Gasteiger partial charge in [-0.15, -0.1) is 0 Å². The molecule has 0 unspecified atom stereocenters. The van der Waals surface area contributed by atoms with Gasteiger partial charge >= 0.3 is 0 Å². The Balaban J connectivity index is 2.83. The molecule has 0 saturated heterocycles. The second-order valence-electron chi connectivity index (χ2n) is 2.52.